The molecule has 1 aliphatic heterocycles. The molecule has 6 nitrogen and oxygen atoms in total. The standard InChI is InChI=1S/C20H27N5O/c1-12-8-15(24-20(26)18(21)14-5-6-14)11-25(10-12)17-9-23-13(2)19-16(17)4-3-7-22-19/h3-4,7,9,12,14-15,18H,5-6,8,10-11,21H2,1-2H3,(H,24,26)/t12-,15+,18+/m0/s1. The van der Waals surface area contributed by atoms with E-state index in [0.29, 0.717) is 11.8 Å². The summed E-state index contributed by atoms with van der Waals surface area (Å²) in [4.78, 5) is 23.8. The highest BCUT2D eigenvalue weighted by molar-refractivity contribution is 5.92. The minimum Gasteiger partial charge on any atom is -0.367 e. The highest BCUT2D eigenvalue weighted by Gasteiger charge is 2.35. The van der Waals surface area contributed by atoms with Crippen molar-refractivity contribution < 1.29 is 4.79 Å². The van der Waals surface area contributed by atoms with Gasteiger partial charge in [-0.1, -0.05) is 6.92 Å². The number of nitrogens with one attached hydrogen (secondary N) is 1. The first kappa shape index (κ1) is 17.2. The van der Waals surface area contributed by atoms with Gasteiger partial charge >= 0.3 is 0 Å². The third-order valence-electron chi connectivity index (χ3n) is 5.59. The van der Waals surface area contributed by atoms with Gasteiger partial charge in [-0.2, -0.15) is 0 Å². The van der Waals surface area contributed by atoms with E-state index in [1.54, 1.807) is 0 Å². The lowest BCUT2D eigenvalue weighted by atomic mass is 9.94. The van der Waals surface area contributed by atoms with Gasteiger partial charge in [-0.25, -0.2) is 0 Å². The zero-order valence-corrected chi connectivity index (χ0v) is 15.5. The van der Waals surface area contributed by atoms with E-state index in [4.69, 9.17) is 5.73 Å². The van der Waals surface area contributed by atoms with Gasteiger partial charge in [0.15, 0.2) is 0 Å². The van der Waals surface area contributed by atoms with Crippen molar-refractivity contribution in [3.05, 3.63) is 30.2 Å². The van der Waals surface area contributed by atoms with Crippen LogP contribution in [0, 0.1) is 18.8 Å². The molecule has 0 bridgehead atoms. The fourth-order valence-corrected chi connectivity index (χ4v) is 4.06. The molecule has 3 atom stereocenters. The van der Waals surface area contributed by atoms with Gasteiger partial charge in [0.25, 0.3) is 0 Å². The van der Waals surface area contributed by atoms with E-state index in [-0.39, 0.29) is 18.0 Å². The molecule has 26 heavy (non-hydrogen) atoms. The lowest BCUT2D eigenvalue weighted by Gasteiger charge is -2.39. The second kappa shape index (κ2) is 6.83. The van der Waals surface area contributed by atoms with Gasteiger partial charge in [0.2, 0.25) is 5.91 Å². The Kier molecular flexibility index (Phi) is 4.53. The Labute approximate surface area is 154 Å². The molecule has 0 aromatic carbocycles. The average Bonchev–Trinajstić information content (AvgIpc) is 3.46. The highest BCUT2D eigenvalue weighted by atomic mass is 16.2. The van der Waals surface area contributed by atoms with Crippen LogP contribution in [0.3, 0.4) is 0 Å². The molecule has 2 aromatic heterocycles. The number of nitrogens with two attached hydrogens (primary N) is 1. The van der Waals surface area contributed by atoms with Crippen LogP contribution in [0.1, 0.15) is 31.9 Å². The number of rotatable bonds is 4. The number of fused-ring (bicyclic) bond motifs is 1. The molecule has 3 N–H and O–H groups in total. The van der Waals surface area contributed by atoms with Crippen molar-refractivity contribution in [2.45, 2.75) is 45.2 Å². The van der Waals surface area contributed by atoms with Crippen molar-refractivity contribution in [1.82, 2.24) is 15.3 Å². The summed E-state index contributed by atoms with van der Waals surface area (Å²) in [5.41, 5.74) is 9.04. The van der Waals surface area contributed by atoms with Crippen LogP contribution in [0.25, 0.3) is 10.9 Å². The molecule has 2 aromatic rings. The number of hydrogen-bond acceptors (Lipinski definition) is 5. The highest BCUT2D eigenvalue weighted by Crippen LogP contribution is 2.32. The van der Waals surface area contributed by atoms with Crippen LogP contribution < -0.4 is 16.0 Å². The van der Waals surface area contributed by atoms with Crippen LogP contribution in [-0.4, -0.2) is 41.0 Å². The van der Waals surface area contributed by atoms with Crippen LogP contribution in [0.4, 0.5) is 5.69 Å². The summed E-state index contributed by atoms with van der Waals surface area (Å²) in [6.07, 6.45) is 6.88. The van der Waals surface area contributed by atoms with Crippen LogP contribution in [0.15, 0.2) is 24.5 Å². The maximum atomic E-state index is 12.4. The minimum atomic E-state index is -0.355. The molecular formula is C20H27N5O. The number of pyridine rings is 2. The fourth-order valence-electron chi connectivity index (χ4n) is 4.06. The quantitative estimate of drug-likeness (QED) is 0.878. The van der Waals surface area contributed by atoms with Crippen LogP contribution in [0.2, 0.25) is 0 Å². The SMILES string of the molecule is Cc1ncc(N2C[C@@H](C)C[C@@H](NC(=O)[C@H](N)C3CC3)C2)c2cccnc12. The van der Waals surface area contributed by atoms with Crippen LogP contribution in [0.5, 0.6) is 0 Å². The number of carbonyl (C=O) groups excluding carboxylic acids is 1. The molecule has 3 heterocycles. The Balaban J connectivity index is 1.55. The van der Waals surface area contributed by atoms with Crippen molar-refractivity contribution in [2.24, 2.45) is 17.6 Å². The van der Waals surface area contributed by atoms with Crippen molar-refractivity contribution in [3.8, 4) is 0 Å². The first-order chi connectivity index (χ1) is 12.5. The van der Waals surface area contributed by atoms with Crippen LogP contribution in [-0.2, 0) is 4.79 Å². The summed E-state index contributed by atoms with van der Waals surface area (Å²) in [7, 11) is 0. The van der Waals surface area contributed by atoms with E-state index in [1.165, 1.54) is 0 Å². The number of piperidine rings is 1. The second-order valence-corrected chi connectivity index (χ2v) is 7.94. The number of amides is 1. The zero-order chi connectivity index (χ0) is 18.3. The number of nitrogens with zero attached hydrogens (tertiary/aromatic N) is 3. The largest absolute Gasteiger partial charge is 0.367 e. The van der Waals surface area contributed by atoms with E-state index in [2.05, 4.69) is 33.2 Å². The van der Waals surface area contributed by atoms with Gasteiger partial charge in [0.05, 0.1) is 29.1 Å². The number of carbonyl (C=O) groups is 1. The summed E-state index contributed by atoms with van der Waals surface area (Å²) in [6.45, 7) is 5.95. The first-order valence-electron chi connectivity index (χ1n) is 9.54. The zero-order valence-electron chi connectivity index (χ0n) is 15.5. The molecule has 1 aliphatic carbocycles. The molecule has 0 radical (unpaired) electrons. The minimum absolute atomic E-state index is 0.0000980. The third kappa shape index (κ3) is 3.38. The lowest BCUT2D eigenvalue weighted by molar-refractivity contribution is -0.123. The molecule has 1 saturated heterocycles. The summed E-state index contributed by atoms with van der Waals surface area (Å²) in [6, 6.07) is 3.82. The fraction of sp³-hybridized carbons (Fsp3) is 0.550. The van der Waals surface area contributed by atoms with Gasteiger partial charge in [-0.05, 0) is 50.2 Å². The third-order valence-corrected chi connectivity index (χ3v) is 5.59. The smallest absolute Gasteiger partial charge is 0.237 e. The molecule has 2 aliphatic rings. The predicted molar refractivity (Wildman–Crippen MR) is 103 cm³/mol. The molecule has 138 valence electrons. The monoisotopic (exact) mass is 353 g/mol. The Bertz CT molecular complexity index is 819. The van der Waals surface area contributed by atoms with Crippen molar-refractivity contribution in [3.63, 3.8) is 0 Å². The Hall–Kier alpha value is -2.21. The van der Waals surface area contributed by atoms with Crippen LogP contribution >= 0.6 is 0 Å². The van der Waals surface area contributed by atoms with Gasteiger partial charge in [-0.15, -0.1) is 0 Å². The maximum absolute atomic E-state index is 12.4. The number of aryl methyl sites for hydroxylation is 1. The van der Waals surface area contributed by atoms with Crippen molar-refractivity contribution in [2.75, 3.05) is 18.0 Å². The number of anilines is 1. The summed E-state index contributed by atoms with van der Waals surface area (Å²) in [5, 5.41) is 4.31. The molecule has 1 amide bonds. The first-order valence-corrected chi connectivity index (χ1v) is 9.54. The molecule has 0 spiro atoms. The Morgan fingerprint density at radius 1 is 1.35 bits per heavy atom. The van der Waals surface area contributed by atoms with E-state index in [9.17, 15) is 4.79 Å². The molecular weight excluding hydrogens is 326 g/mol. The van der Waals surface area contributed by atoms with Crippen molar-refractivity contribution in [1.29, 1.82) is 0 Å². The van der Waals surface area contributed by atoms with Crippen molar-refractivity contribution >= 4 is 22.5 Å². The lowest BCUT2D eigenvalue weighted by Crippen LogP contribution is -2.54. The van der Waals surface area contributed by atoms with E-state index in [1.807, 2.05) is 25.4 Å². The molecule has 1 saturated carbocycles. The molecule has 0 unspecified atom stereocenters. The summed E-state index contributed by atoms with van der Waals surface area (Å²) < 4.78 is 0. The van der Waals surface area contributed by atoms with Gasteiger partial charge < -0.3 is 16.0 Å². The van der Waals surface area contributed by atoms with Gasteiger partial charge in [0.1, 0.15) is 0 Å². The van der Waals surface area contributed by atoms with E-state index in [0.717, 1.165) is 54.6 Å². The molecule has 4 rings (SSSR count). The van der Waals surface area contributed by atoms with Gasteiger partial charge in [0, 0.05) is 30.7 Å². The van der Waals surface area contributed by atoms with E-state index >= 15 is 0 Å². The summed E-state index contributed by atoms with van der Waals surface area (Å²) >= 11 is 0. The normalized spacial score (nSPS) is 24.5. The van der Waals surface area contributed by atoms with Gasteiger partial charge in [-0.3, -0.25) is 14.8 Å². The molecule has 6 heteroatoms. The summed E-state index contributed by atoms with van der Waals surface area (Å²) in [5.74, 6) is 0.864. The number of aromatic nitrogens is 2. The van der Waals surface area contributed by atoms with E-state index < -0.39 is 0 Å². The Morgan fingerprint density at radius 2 is 2.15 bits per heavy atom. The average molecular weight is 353 g/mol. The second-order valence-electron chi connectivity index (χ2n) is 7.94. The number of hydrogen-bond donors (Lipinski definition) is 2. The molecule has 2 fully saturated rings. The topological polar surface area (TPSA) is 84.1 Å². The Morgan fingerprint density at radius 3 is 2.92 bits per heavy atom. The maximum Gasteiger partial charge on any atom is 0.237 e. The predicted octanol–water partition coefficient (Wildman–Crippen LogP) is 2.01.